The van der Waals surface area contributed by atoms with E-state index in [0.717, 1.165) is 6.42 Å². The van der Waals surface area contributed by atoms with E-state index in [2.05, 4.69) is 0 Å². The number of hydrogen-bond acceptors (Lipinski definition) is 4. The van der Waals surface area contributed by atoms with Gasteiger partial charge in [0.25, 0.3) is 0 Å². The van der Waals surface area contributed by atoms with Crippen LogP contribution in [0.2, 0.25) is 0 Å². The summed E-state index contributed by atoms with van der Waals surface area (Å²) in [6.07, 6.45) is 1.41. The van der Waals surface area contributed by atoms with E-state index >= 15 is 0 Å². The van der Waals surface area contributed by atoms with E-state index in [1.54, 1.807) is 11.8 Å². The maximum Gasteiger partial charge on any atom is 0.222 e. The van der Waals surface area contributed by atoms with E-state index < -0.39 is 9.84 Å². The molecule has 0 radical (unpaired) electrons. The van der Waals surface area contributed by atoms with Crippen molar-refractivity contribution < 1.29 is 18.3 Å². The lowest BCUT2D eigenvalue weighted by Crippen LogP contribution is -2.31. The SMILES string of the molecule is CC(O)C1CCN(C(=O)CC2CCS(=O)(=O)C2)C1. The summed E-state index contributed by atoms with van der Waals surface area (Å²) in [5, 5.41) is 9.49. The van der Waals surface area contributed by atoms with Crippen LogP contribution in [0.25, 0.3) is 0 Å². The molecule has 18 heavy (non-hydrogen) atoms. The molecule has 0 spiro atoms. The first-order chi connectivity index (χ1) is 8.37. The Bertz CT molecular complexity index is 418. The van der Waals surface area contributed by atoms with Gasteiger partial charge >= 0.3 is 0 Å². The Hall–Kier alpha value is -0.620. The molecular formula is C12H21NO4S. The summed E-state index contributed by atoms with van der Waals surface area (Å²) >= 11 is 0. The molecule has 3 unspecified atom stereocenters. The molecule has 0 aromatic rings. The zero-order valence-corrected chi connectivity index (χ0v) is 11.5. The van der Waals surface area contributed by atoms with Crippen LogP contribution in [-0.2, 0) is 14.6 Å². The van der Waals surface area contributed by atoms with Crippen LogP contribution < -0.4 is 0 Å². The number of amides is 1. The number of likely N-dealkylation sites (tertiary alicyclic amines) is 1. The van der Waals surface area contributed by atoms with Gasteiger partial charge in [-0.15, -0.1) is 0 Å². The minimum atomic E-state index is -2.90. The molecule has 2 aliphatic rings. The molecule has 3 atom stereocenters. The molecule has 2 aliphatic heterocycles. The lowest BCUT2D eigenvalue weighted by molar-refractivity contribution is -0.131. The number of aliphatic hydroxyl groups is 1. The number of nitrogens with zero attached hydrogens (tertiary/aromatic N) is 1. The third-order valence-electron chi connectivity index (χ3n) is 4.05. The Labute approximate surface area is 108 Å². The highest BCUT2D eigenvalue weighted by Crippen LogP contribution is 2.25. The molecule has 2 fully saturated rings. The van der Waals surface area contributed by atoms with Crippen LogP contribution in [-0.4, -0.2) is 55.0 Å². The Morgan fingerprint density at radius 2 is 2.17 bits per heavy atom. The van der Waals surface area contributed by atoms with E-state index in [1.807, 2.05) is 0 Å². The maximum absolute atomic E-state index is 12.0. The van der Waals surface area contributed by atoms with Crippen molar-refractivity contribution >= 4 is 15.7 Å². The van der Waals surface area contributed by atoms with Gasteiger partial charge in [0, 0.05) is 25.4 Å². The zero-order chi connectivity index (χ0) is 13.3. The first-order valence-corrected chi connectivity index (χ1v) is 8.36. The normalized spacial score (nSPS) is 32.7. The average molecular weight is 275 g/mol. The monoisotopic (exact) mass is 275 g/mol. The standard InChI is InChI=1S/C12H21NO4S/c1-9(14)11-2-4-13(7-11)12(15)6-10-3-5-18(16,17)8-10/h9-11,14H,2-8H2,1H3. The van der Waals surface area contributed by atoms with Gasteiger partial charge in [-0.3, -0.25) is 4.79 Å². The molecule has 0 aromatic carbocycles. The summed E-state index contributed by atoms with van der Waals surface area (Å²) in [5.74, 6) is 0.586. The fraction of sp³-hybridized carbons (Fsp3) is 0.917. The number of hydrogen-bond donors (Lipinski definition) is 1. The highest BCUT2D eigenvalue weighted by Gasteiger charge is 2.33. The minimum absolute atomic E-state index is 0.00639. The van der Waals surface area contributed by atoms with Gasteiger partial charge in [0.2, 0.25) is 5.91 Å². The van der Waals surface area contributed by atoms with Crippen LogP contribution >= 0.6 is 0 Å². The largest absolute Gasteiger partial charge is 0.393 e. The second kappa shape index (κ2) is 5.17. The summed E-state index contributed by atoms with van der Waals surface area (Å²) in [4.78, 5) is 13.8. The number of rotatable bonds is 3. The van der Waals surface area contributed by atoms with Gasteiger partial charge < -0.3 is 10.0 Å². The molecule has 2 saturated heterocycles. The van der Waals surface area contributed by atoms with Crippen LogP contribution in [0.3, 0.4) is 0 Å². The fourth-order valence-electron chi connectivity index (χ4n) is 2.82. The van der Waals surface area contributed by atoms with Crippen LogP contribution in [0.15, 0.2) is 0 Å². The van der Waals surface area contributed by atoms with Crippen molar-refractivity contribution in [2.24, 2.45) is 11.8 Å². The van der Waals surface area contributed by atoms with Crippen LogP contribution in [0.5, 0.6) is 0 Å². The molecule has 0 bridgehead atoms. The van der Waals surface area contributed by atoms with Gasteiger partial charge in [-0.05, 0) is 25.7 Å². The molecule has 6 heteroatoms. The molecule has 0 aromatic heterocycles. The molecule has 1 N–H and O–H groups in total. The van der Waals surface area contributed by atoms with E-state index in [9.17, 15) is 18.3 Å². The number of carbonyl (C=O) groups is 1. The molecule has 2 rings (SSSR count). The van der Waals surface area contributed by atoms with E-state index in [-0.39, 0.29) is 35.4 Å². The average Bonchev–Trinajstić information content (AvgIpc) is 2.85. The predicted molar refractivity (Wildman–Crippen MR) is 67.7 cm³/mol. The Balaban J connectivity index is 1.83. The topological polar surface area (TPSA) is 74.7 Å². The molecule has 1 amide bonds. The van der Waals surface area contributed by atoms with Gasteiger partial charge in [-0.1, -0.05) is 0 Å². The Morgan fingerprint density at radius 1 is 1.44 bits per heavy atom. The van der Waals surface area contributed by atoms with E-state index in [4.69, 9.17) is 0 Å². The molecule has 0 aliphatic carbocycles. The third kappa shape index (κ3) is 3.23. The second-order valence-electron chi connectivity index (χ2n) is 5.60. The van der Waals surface area contributed by atoms with Crippen molar-refractivity contribution in [2.45, 2.75) is 32.3 Å². The van der Waals surface area contributed by atoms with Crippen molar-refractivity contribution in [1.29, 1.82) is 0 Å². The van der Waals surface area contributed by atoms with E-state index in [1.165, 1.54) is 0 Å². The first kappa shape index (κ1) is 13.8. The lowest BCUT2D eigenvalue weighted by Gasteiger charge is -2.19. The van der Waals surface area contributed by atoms with Gasteiger partial charge in [0.1, 0.15) is 0 Å². The minimum Gasteiger partial charge on any atom is -0.393 e. The number of aliphatic hydroxyl groups excluding tert-OH is 1. The van der Waals surface area contributed by atoms with Crippen LogP contribution in [0.1, 0.15) is 26.2 Å². The predicted octanol–water partition coefficient (Wildman–Crippen LogP) is 0.0405. The van der Waals surface area contributed by atoms with Crippen molar-refractivity contribution in [3.05, 3.63) is 0 Å². The molecule has 2 heterocycles. The smallest absolute Gasteiger partial charge is 0.222 e. The third-order valence-corrected chi connectivity index (χ3v) is 5.89. The highest BCUT2D eigenvalue weighted by molar-refractivity contribution is 7.91. The molecule has 0 saturated carbocycles. The quantitative estimate of drug-likeness (QED) is 0.789. The van der Waals surface area contributed by atoms with Crippen LogP contribution in [0.4, 0.5) is 0 Å². The highest BCUT2D eigenvalue weighted by atomic mass is 32.2. The lowest BCUT2D eigenvalue weighted by atomic mass is 10.0. The van der Waals surface area contributed by atoms with Crippen LogP contribution in [0, 0.1) is 11.8 Å². The Morgan fingerprint density at radius 3 is 2.67 bits per heavy atom. The maximum atomic E-state index is 12.0. The Kier molecular flexibility index (Phi) is 3.96. The van der Waals surface area contributed by atoms with Crippen molar-refractivity contribution in [2.75, 3.05) is 24.6 Å². The molecule has 104 valence electrons. The summed E-state index contributed by atoms with van der Waals surface area (Å²) < 4.78 is 22.7. The van der Waals surface area contributed by atoms with Gasteiger partial charge in [0.15, 0.2) is 9.84 Å². The number of carbonyl (C=O) groups excluding carboxylic acids is 1. The summed E-state index contributed by atoms with van der Waals surface area (Å²) in [6.45, 7) is 3.05. The van der Waals surface area contributed by atoms with Crippen molar-refractivity contribution in [3.63, 3.8) is 0 Å². The van der Waals surface area contributed by atoms with Crippen molar-refractivity contribution in [3.8, 4) is 0 Å². The van der Waals surface area contributed by atoms with Gasteiger partial charge in [-0.25, -0.2) is 8.42 Å². The van der Waals surface area contributed by atoms with Crippen molar-refractivity contribution in [1.82, 2.24) is 4.90 Å². The van der Waals surface area contributed by atoms with Gasteiger partial charge in [0.05, 0.1) is 17.6 Å². The number of sulfone groups is 1. The second-order valence-corrected chi connectivity index (χ2v) is 7.83. The van der Waals surface area contributed by atoms with E-state index in [0.29, 0.717) is 25.9 Å². The molecular weight excluding hydrogens is 254 g/mol. The first-order valence-electron chi connectivity index (χ1n) is 6.53. The zero-order valence-electron chi connectivity index (χ0n) is 10.7. The summed E-state index contributed by atoms with van der Waals surface area (Å²) in [5.41, 5.74) is 0. The summed E-state index contributed by atoms with van der Waals surface area (Å²) in [7, 11) is -2.90. The summed E-state index contributed by atoms with van der Waals surface area (Å²) in [6, 6.07) is 0. The molecule has 5 nitrogen and oxygen atoms in total. The fourth-order valence-corrected chi connectivity index (χ4v) is 4.68. The van der Waals surface area contributed by atoms with Gasteiger partial charge in [-0.2, -0.15) is 0 Å².